The SMILES string of the molecule is CCCN(CCC)Cc1ccc(C)c(C)c1. The lowest BCUT2D eigenvalue weighted by atomic mass is 10.1. The Hall–Kier alpha value is -0.820. The van der Waals surface area contributed by atoms with Crippen LogP contribution < -0.4 is 0 Å². The summed E-state index contributed by atoms with van der Waals surface area (Å²) in [6.07, 6.45) is 2.48. The molecule has 0 bridgehead atoms. The zero-order chi connectivity index (χ0) is 12.0. The van der Waals surface area contributed by atoms with E-state index < -0.39 is 0 Å². The van der Waals surface area contributed by atoms with Gasteiger partial charge in [-0.05, 0) is 56.5 Å². The second kappa shape index (κ2) is 6.70. The Bertz CT molecular complexity index is 311. The second-order valence-electron chi connectivity index (χ2n) is 4.69. The highest BCUT2D eigenvalue weighted by Gasteiger charge is 2.04. The number of benzene rings is 1. The van der Waals surface area contributed by atoms with Crippen molar-refractivity contribution in [2.45, 2.75) is 47.1 Å². The predicted molar refractivity (Wildman–Crippen MR) is 71.8 cm³/mol. The van der Waals surface area contributed by atoms with Crippen LogP contribution in [0.2, 0.25) is 0 Å². The normalized spacial score (nSPS) is 11.1. The summed E-state index contributed by atoms with van der Waals surface area (Å²) in [4.78, 5) is 2.55. The van der Waals surface area contributed by atoms with E-state index in [1.165, 1.54) is 42.6 Å². The number of nitrogens with zero attached hydrogens (tertiary/aromatic N) is 1. The van der Waals surface area contributed by atoms with Gasteiger partial charge in [0.15, 0.2) is 0 Å². The number of aryl methyl sites for hydroxylation is 2. The molecule has 1 nitrogen and oxygen atoms in total. The first-order valence-electron chi connectivity index (χ1n) is 6.45. The Balaban J connectivity index is 2.65. The average Bonchev–Trinajstić information content (AvgIpc) is 2.24. The van der Waals surface area contributed by atoms with E-state index in [1.54, 1.807) is 0 Å². The van der Waals surface area contributed by atoms with Crippen molar-refractivity contribution in [3.05, 3.63) is 34.9 Å². The van der Waals surface area contributed by atoms with Crippen LogP contribution in [-0.2, 0) is 6.54 Å². The molecule has 90 valence electrons. The minimum atomic E-state index is 1.10. The van der Waals surface area contributed by atoms with Crippen molar-refractivity contribution < 1.29 is 0 Å². The minimum Gasteiger partial charge on any atom is -0.299 e. The molecule has 0 aromatic heterocycles. The van der Waals surface area contributed by atoms with Gasteiger partial charge in [0.2, 0.25) is 0 Å². The van der Waals surface area contributed by atoms with Crippen molar-refractivity contribution in [2.24, 2.45) is 0 Å². The summed E-state index contributed by atoms with van der Waals surface area (Å²) in [5.41, 5.74) is 4.25. The van der Waals surface area contributed by atoms with E-state index in [9.17, 15) is 0 Å². The minimum absolute atomic E-state index is 1.10. The van der Waals surface area contributed by atoms with Crippen molar-refractivity contribution in [3.63, 3.8) is 0 Å². The zero-order valence-corrected chi connectivity index (χ0v) is 11.2. The summed E-state index contributed by atoms with van der Waals surface area (Å²) in [5, 5.41) is 0. The Kier molecular flexibility index (Phi) is 5.54. The number of hydrogen-bond acceptors (Lipinski definition) is 1. The van der Waals surface area contributed by atoms with Crippen LogP contribution in [0.5, 0.6) is 0 Å². The topological polar surface area (TPSA) is 3.24 Å². The molecule has 0 unspecified atom stereocenters. The van der Waals surface area contributed by atoms with Gasteiger partial charge in [-0.3, -0.25) is 4.90 Å². The van der Waals surface area contributed by atoms with E-state index >= 15 is 0 Å². The van der Waals surface area contributed by atoms with Crippen LogP contribution in [0.4, 0.5) is 0 Å². The smallest absolute Gasteiger partial charge is 0.0233 e. The van der Waals surface area contributed by atoms with Gasteiger partial charge < -0.3 is 0 Å². The maximum atomic E-state index is 2.55. The first-order chi connectivity index (χ1) is 7.67. The monoisotopic (exact) mass is 219 g/mol. The van der Waals surface area contributed by atoms with E-state index in [2.05, 4.69) is 50.8 Å². The van der Waals surface area contributed by atoms with Crippen LogP contribution in [0.15, 0.2) is 18.2 Å². The molecule has 0 saturated carbocycles. The highest BCUT2D eigenvalue weighted by Crippen LogP contribution is 2.12. The molecule has 1 heteroatoms. The third kappa shape index (κ3) is 3.97. The molecule has 0 aliphatic carbocycles. The molecular formula is C15H25N. The molecule has 16 heavy (non-hydrogen) atoms. The first kappa shape index (κ1) is 13.2. The van der Waals surface area contributed by atoms with Crippen molar-refractivity contribution in [2.75, 3.05) is 13.1 Å². The van der Waals surface area contributed by atoms with Crippen LogP contribution >= 0.6 is 0 Å². The van der Waals surface area contributed by atoms with Crippen LogP contribution in [0, 0.1) is 13.8 Å². The van der Waals surface area contributed by atoms with Crippen LogP contribution in [0.1, 0.15) is 43.4 Å². The first-order valence-corrected chi connectivity index (χ1v) is 6.45. The molecular weight excluding hydrogens is 194 g/mol. The van der Waals surface area contributed by atoms with Crippen molar-refractivity contribution >= 4 is 0 Å². The van der Waals surface area contributed by atoms with Crippen LogP contribution in [0.25, 0.3) is 0 Å². The third-order valence-corrected chi connectivity index (χ3v) is 3.06. The quantitative estimate of drug-likeness (QED) is 0.701. The van der Waals surface area contributed by atoms with E-state index in [0.717, 1.165) is 6.54 Å². The summed E-state index contributed by atoms with van der Waals surface area (Å²) in [6, 6.07) is 6.83. The average molecular weight is 219 g/mol. The lowest BCUT2D eigenvalue weighted by molar-refractivity contribution is 0.266. The molecule has 0 saturated heterocycles. The summed E-state index contributed by atoms with van der Waals surface area (Å²) >= 11 is 0. The fraction of sp³-hybridized carbons (Fsp3) is 0.600. The van der Waals surface area contributed by atoms with Gasteiger partial charge in [0, 0.05) is 6.54 Å². The highest BCUT2D eigenvalue weighted by atomic mass is 15.1. The molecule has 1 aromatic carbocycles. The number of hydrogen-bond donors (Lipinski definition) is 0. The van der Waals surface area contributed by atoms with Crippen molar-refractivity contribution in [1.29, 1.82) is 0 Å². The molecule has 1 rings (SSSR count). The fourth-order valence-electron chi connectivity index (χ4n) is 2.06. The summed E-state index contributed by atoms with van der Waals surface area (Å²) in [5.74, 6) is 0. The van der Waals surface area contributed by atoms with E-state index in [-0.39, 0.29) is 0 Å². The molecule has 0 radical (unpaired) electrons. The fourth-order valence-corrected chi connectivity index (χ4v) is 2.06. The molecule has 0 amide bonds. The van der Waals surface area contributed by atoms with Crippen LogP contribution in [-0.4, -0.2) is 18.0 Å². The lowest BCUT2D eigenvalue weighted by Gasteiger charge is -2.21. The molecule has 0 heterocycles. The lowest BCUT2D eigenvalue weighted by Crippen LogP contribution is -2.24. The standard InChI is InChI=1S/C15H25N/c1-5-9-16(10-6-2)12-15-8-7-13(3)14(4)11-15/h7-8,11H,5-6,9-10,12H2,1-4H3. The maximum absolute atomic E-state index is 2.55. The summed E-state index contributed by atoms with van der Waals surface area (Å²) in [7, 11) is 0. The third-order valence-electron chi connectivity index (χ3n) is 3.06. The van der Waals surface area contributed by atoms with Gasteiger partial charge in [-0.15, -0.1) is 0 Å². The molecule has 1 aromatic rings. The molecule has 0 aliphatic heterocycles. The van der Waals surface area contributed by atoms with Gasteiger partial charge in [0.05, 0.1) is 0 Å². The maximum Gasteiger partial charge on any atom is 0.0233 e. The Labute approximate surface area is 100 Å². The van der Waals surface area contributed by atoms with Crippen molar-refractivity contribution in [3.8, 4) is 0 Å². The van der Waals surface area contributed by atoms with Gasteiger partial charge in [-0.25, -0.2) is 0 Å². The van der Waals surface area contributed by atoms with Crippen molar-refractivity contribution in [1.82, 2.24) is 4.90 Å². The van der Waals surface area contributed by atoms with Gasteiger partial charge in [0.1, 0.15) is 0 Å². The molecule has 0 spiro atoms. The van der Waals surface area contributed by atoms with Gasteiger partial charge in [-0.1, -0.05) is 32.0 Å². The number of rotatable bonds is 6. The van der Waals surface area contributed by atoms with E-state index in [1.807, 2.05) is 0 Å². The summed E-state index contributed by atoms with van der Waals surface area (Å²) < 4.78 is 0. The Morgan fingerprint density at radius 1 is 0.938 bits per heavy atom. The largest absolute Gasteiger partial charge is 0.299 e. The van der Waals surface area contributed by atoms with Crippen LogP contribution in [0.3, 0.4) is 0 Å². The molecule has 0 aliphatic rings. The predicted octanol–water partition coefficient (Wildman–Crippen LogP) is 3.93. The Morgan fingerprint density at radius 3 is 2.06 bits per heavy atom. The Morgan fingerprint density at radius 2 is 1.56 bits per heavy atom. The second-order valence-corrected chi connectivity index (χ2v) is 4.69. The molecule has 0 atom stereocenters. The van der Waals surface area contributed by atoms with Gasteiger partial charge >= 0.3 is 0 Å². The van der Waals surface area contributed by atoms with E-state index in [4.69, 9.17) is 0 Å². The summed E-state index contributed by atoms with van der Waals surface area (Å²) in [6.45, 7) is 12.4. The zero-order valence-electron chi connectivity index (χ0n) is 11.2. The molecule has 0 fully saturated rings. The molecule has 0 N–H and O–H groups in total. The highest BCUT2D eigenvalue weighted by molar-refractivity contribution is 5.29. The van der Waals surface area contributed by atoms with Gasteiger partial charge in [-0.2, -0.15) is 0 Å². The van der Waals surface area contributed by atoms with Gasteiger partial charge in [0.25, 0.3) is 0 Å². The van der Waals surface area contributed by atoms with E-state index in [0.29, 0.717) is 0 Å².